The van der Waals surface area contributed by atoms with Crippen LogP contribution in [0.15, 0.2) is 24.3 Å². The Morgan fingerprint density at radius 2 is 1.92 bits per heavy atom. The highest BCUT2D eigenvalue weighted by Crippen LogP contribution is 2.13. The summed E-state index contributed by atoms with van der Waals surface area (Å²) in [6.07, 6.45) is 1.10. The van der Waals surface area contributed by atoms with Crippen LogP contribution in [0.3, 0.4) is 0 Å². The molecule has 0 spiro atoms. The highest BCUT2D eigenvalue weighted by atomic mass is 35.5. The number of ether oxygens (including phenoxy) is 1. The van der Waals surface area contributed by atoms with Gasteiger partial charge in [0.15, 0.2) is 0 Å². The Kier molecular flexibility index (Phi) is 7.64. The van der Waals surface area contributed by atoms with Crippen LogP contribution < -0.4 is 5.32 Å². The van der Waals surface area contributed by atoms with Crippen LogP contribution >= 0.6 is 11.6 Å². The molecule has 1 aromatic rings. The Morgan fingerprint density at radius 1 is 1.28 bits per heavy atom. The molecule has 140 valence electrons. The Balaban J connectivity index is 1.83. The highest BCUT2D eigenvalue weighted by molar-refractivity contribution is 7.88. The third kappa shape index (κ3) is 7.29. The molecule has 0 saturated carbocycles. The van der Waals surface area contributed by atoms with E-state index in [1.165, 1.54) is 0 Å². The van der Waals surface area contributed by atoms with Gasteiger partial charge in [0.1, 0.15) is 0 Å². The zero-order valence-electron chi connectivity index (χ0n) is 14.3. The zero-order valence-corrected chi connectivity index (χ0v) is 15.9. The molecule has 0 bridgehead atoms. The molecule has 0 atom stereocenters. The standard InChI is InChI=1S/C16H24ClN3O4S/c1-25(22,23)20(12-14-2-4-15(17)5-3-14)13-16(21)18-6-7-19-8-10-24-11-9-19/h2-5H,6-13H2,1H3,(H,18,21). The van der Waals surface area contributed by atoms with E-state index in [-0.39, 0.29) is 19.0 Å². The van der Waals surface area contributed by atoms with Crippen LogP contribution in [0.1, 0.15) is 5.56 Å². The summed E-state index contributed by atoms with van der Waals surface area (Å²) in [5.41, 5.74) is 0.774. The Hall–Kier alpha value is -1.19. The third-order valence-electron chi connectivity index (χ3n) is 3.92. The molecule has 1 N–H and O–H groups in total. The number of morpholine rings is 1. The molecule has 1 aromatic carbocycles. The molecule has 1 fully saturated rings. The summed E-state index contributed by atoms with van der Waals surface area (Å²) in [6.45, 7) is 4.25. The van der Waals surface area contributed by atoms with Gasteiger partial charge in [-0.15, -0.1) is 0 Å². The van der Waals surface area contributed by atoms with Gasteiger partial charge in [0.05, 0.1) is 26.0 Å². The average Bonchev–Trinajstić information content (AvgIpc) is 2.56. The maximum absolute atomic E-state index is 12.1. The van der Waals surface area contributed by atoms with Crippen molar-refractivity contribution in [1.29, 1.82) is 0 Å². The number of halogens is 1. The van der Waals surface area contributed by atoms with Gasteiger partial charge in [-0.25, -0.2) is 8.42 Å². The van der Waals surface area contributed by atoms with Gasteiger partial charge < -0.3 is 10.1 Å². The quantitative estimate of drug-likeness (QED) is 0.702. The molecule has 0 aliphatic carbocycles. The van der Waals surface area contributed by atoms with E-state index in [1.54, 1.807) is 24.3 Å². The molecular formula is C16H24ClN3O4S. The largest absolute Gasteiger partial charge is 0.379 e. The lowest BCUT2D eigenvalue weighted by Crippen LogP contribution is -2.44. The maximum atomic E-state index is 12.1. The predicted octanol–water partition coefficient (Wildman–Crippen LogP) is 0.550. The number of nitrogens with zero attached hydrogens (tertiary/aromatic N) is 2. The van der Waals surface area contributed by atoms with Gasteiger partial charge in [0, 0.05) is 37.7 Å². The molecule has 1 heterocycles. The molecule has 0 aromatic heterocycles. The zero-order chi connectivity index (χ0) is 18.3. The number of rotatable bonds is 8. The molecule has 25 heavy (non-hydrogen) atoms. The first-order chi connectivity index (χ1) is 11.8. The molecule has 2 rings (SSSR count). The van der Waals surface area contributed by atoms with Gasteiger partial charge in [-0.05, 0) is 17.7 Å². The van der Waals surface area contributed by atoms with Crippen LogP contribution in [0.5, 0.6) is 0 Å². The minimum absolute atomic E-state index is 0.132. The smallest absolute Gasteiger partial charge is 0.235 e. The molecule has 0 radical (unpaired) electrons. The Morgan fingerprint density at radius 3 is 2.52 bits per heavy atom. The lowest BCUT2D eigenvalue weighted by molar-refractivity contribution is -0.121. The monoisotopic (exact) mass is 389 g/mol. The highest BCUT2D eigenvalue weighted by Gasteiger charge is 2.20. The Bertz CT molecular complexity index is 660. The first-order valence-electron chi connectivity index (χ1n) is 8.11. The van der Waals surface area contributed by atoms with Crippen LogP contribution in [0, 0.1) is 0 Å². The second-order valence-corrected chi connectivity index (χ2v) is 8.38. The number of carbonyl (C=O) groups is 1. The second kappa shape index (κ2) is 9.49. The SMILES string of the molecule is CS(=O)(=O)N(CC(=O)NCCN1CCOCC1)Cc1ccc(Cl)cc1. The van der Waals surface area contributed by atoms with Crippen molar-refractivity contribution >= 4 is 27.5 Å². The van der Waals surface area contributed by atoms with E-state index in [9.17, 15) is 13.2 Å². The van der Waals surface area contributed by atoms with Crippen molar-refractivity contribution in [2.75, 3.05) is 52.2 Å². The number of nitrogens with one attached hydrogen (secondary N) is 1. The summed E-state index contributed by atoms with van der Waals surface area (Å²) in [4.78, 5) is 14.3. The van der Waals surface area contributed by atoms with Crippen molar-refractivity contribution in [2.45, 2.75) is 6.54 Å². The van der Waals surface area contributed by atoms with Crippen LogP contribution in [-0.4, -0.2) is 75.7 Å². The lowest BCUT2D eigenvalue weighted by atomic mass is 10.2. The minimum atomic E-state index is -3.50. The van der Waals surface area contributed by atoms with E-state index in [0.717, 1.165) is 35.8 Å². The molecule has 1 amide bonds. The first kappa shape index (κ1) is 20.1. The van der Waals surface area contributed by atoms with Crippen LogP contribution in [0.4, 0.5) is 0 Å². The van der Waals surface area contributed by atoms with Crippen molar-refractivity contribution in [2.24, 2.45) is 0 Å². The Labute approximate surface area is 153 Å². The summed E-state index contributed by atoms with van der Waals surface area (Å²) >= 11 is 5.84. The fourth-order valence-corrected chi connectivity index (χ4v) is 3.34. The minimum Gasteiger partial charge on any atom is -0.379 e. The van der Waals surface area contributed by atoms with E-state index < -0.39 is 10.0 Å². The number of carbonyl (C=O) groups excluding carboxylic acids is 1. The van der Waals surface area contributed by atoms with Gasteiger partial charge in [-0.2, -0.15) is 4.31 Å². The molecule has 7 nitrogen and oxygen atoms in total. The number of benzene rings is 1. The van der Waals surface area contributed by atoms with Gasteiger partial charge in [0.25, 0.3) is 0 Å². The van der Waals surface area contributed by atoms with Crippen LogP contribution in [-0.2, 0) is 26.1 Å². The fraction of sp³-hybridized carbons (Fsp3) is 0.562. The molecule has 1 aliphatic heterocycles. The summed E-state index contributed by atoms with van der Waals surface area (Å²) in [7, 11) is -3.50. The van der Waals surface area contributed by atoms with E-state index in [1.807, 2.05) is 0 Å². The average molecular weight is 390 g/mol. The lowest BCUT2D eigenvalue weighted by Gasteiger charge is -2.26. The number of hydrogen-bond acceptors (Lipinski definition) is 5. The predicted molar refractivity (Wildman–Crippen MR) is 97.0 cm³/mol. The molecular weight excluding hydrogens is 366 g/mol. The fourth-order valence-electron chi connectivity index (χ4n) is 2.48. The molecule has 1 saturated heterocycles. The topological polar surface area (TPSA) is 79.0 Å². The van der Waals surface area contributed by atoms with Crippen LogP contribution in [0.25, 0.3) is 0 Å². The molecule has 1 aliphatic rings. The first-order valence-corrected chi connectivity index (χ1v) is 10.3. The van der Waals surface area contributed by atoms with Crippen molar-refractivity contribution in [1.82, 2.24) is 14.5 Å². The van der Waals surface area contributed by atoms with Crippen LogP contribution in [0.2, 0.25) is 5.02 Å². The van der Waals surface area contributed by atoms with Gasteiger partial charge in [-0.1, -0.05) is 23.7 Å². The van der Waals surface area contributed by atoms with Crippen molar-refractivity contribution in [3.05, 3.63) is 34.9 Å². The van der Waals surface area contributed by atoms with Gasteiger partial charge in [0.2, 0.25) is 15.9 Å². The van der Waals surface area contributed by atoms with E-state index >= 15 is 0 Å². The van der Waals surface area contributed by atoms with Crippen molar-refractivity contribution < 1.29 is 17.9 Å². The molecule has 0 unspecified atom stereocenters. The summed E-state index contributed by atoms with van der Waals surface area (Å²) < 4.78 is 30.3. The van der Waals surface area contributed by atoms with Crippen molar-refractivity contribution in [3.8, 4) is 0 Å². The summed E-state index contributed by atoms with van der Waals surface area (Å²) in [6, 6.07) is 6.88. The summed E-state index contributed by atoms with van der Waals surface area (Å²) in [5.74, 6) is -0.312. The number of sulfonamides is 1. The second-order valence-electron chi connectivity index (χ2n) is 5.96. The van der Waals surface area contributed by atoms with E-state index in [4.69, 9.17) is 16.3 Å². The van der Waals surface area contributed by atoms with Gasteiger partial charge in [-0.3, -0.25) is 9.69 Å². The van der Waals surface area contributed by atoms with Gasteiger partial charge >= 0.3 is 0 Å². The normalized spacial score (nSPS) is 16.1. The van der Waals surface area contributed by atoms with Crippen molar-refractivity contribution in [3.63, 3.8) is 0 Å². The maximum Gasteiger partial charge on any atom is 0.235 e. The number of hydrogen-bond donors (Lipinski definition) is 1. The van der Waals surface area contributed by atoms with E-state index in [2.05, 4.69) is 10.2 Å². The molecule has 9 heteroatoms. The summed E-state index contributed by atoms with van der Waals surface area (Å²) in [5, 5.41) is 3.36. The number of amides is 1. The third-order valence-corrected chi connectivity index (χ3v) is 5.36. The van der Waals surface area contributed by atoms with E-state index in [0.29, 0.717) is 24.8 Å².